The Morgan fingerprint density at radius 3 is 2.46 bits per heavy atom. The van der Waals surface area contributed by atoms with Gasteiger partial charge in [-0.1, -0.05) is 42.8 Å². The van der Waals surface area contributed by atoms with Crippen LogP contribution in [0.15, 0.2) is 77.6 Å². The number of carbonyl (C=O) groups excluding carboxylic acids is 1. The molecule has 0 aliphatic carbocycles. The van der Waals surface area contributed by atoms with E-state index in [9.17, 15) is 22.8 Å². The van der Waals surface area contributed by atoms with Gasteiger partial charge in [-0.05, 0) is 55.0 Å². The van der Waals surface area contributed by atoms with Crippen LogP contribution < -0.4 is 5.56 Å². The zero-order valence-electron chi connectivity index (χ0n) is 18.9. The van der Waals surface area contributed by atoms with Crippen LogP contribution in [-0.4, -0.2) is 27.4 Å². The number of halogens is 4. The number of para-hydroxylation sites is 1. The quantitative estimate of drug-likeness (QED) is 0.324. The average Bonchev–Trinajstić information content (AvgIpc) is 2.83. The Morgan fingerprint density at radius 2 is 1.77 bits per heavy atom. The lowest BCUT2D eigenvalue weighted by atomic mass is 10.1. The van der Waals surface area contributed by atoms with Crippen molar-refractivity contribution in [1.29, 1.82) is 0 Å². The van der Waals surface area contributed by atoms with Crippen molar-refractivity contribution >= 4 is 28.4 Å². The van der Waals surface area contributed by atoms with Crippen LogP contribution in [0.3, 0.4) is 0 Å². The smallest absolute Gasteiger partial charge is 0.332 e. The number of carbonyl (C=O) groups is 1. The zero-order valence-corrected chi connectivity index (χ0v) is 19.6. The summed E-state index contributed by atoms with van der Waals surface area (Å²) in [6.07, 6.45) is -4.22. The third-order valence-electron chi connectivity index (χ3n) is 5.78. The number of aromatic nitrogens is 2. The normalized spacial score (nSPS) is 12.5. The molecule has 0 spiro atoms. The summed E-state index contributed by atoms with van der Waals surface area (Å²) < 4.78 is 41.0. The maximum atomic E-state index is 13.6. The van der Waals surface area contributed by atoms with E-state index in [1.54, 1.807) is 48.5 Å². The van der Waals surface area contributed by atoms with E-state index in [0.717, 1.165) is 12.1 Å². The summed E-state index contributed by atoms with van der Waals surface area (Å²) in [5, 5.41) is 0.799. The van der Waals surface area contributed by atoms with Gasteiger partial charge in [0.15, 0.2) is 0 Å². The molecule has 0 aliphatic rings. The zero-order chi connectivity index (χ0) is 25.3. The molecule has 1 heterocycles. The Balaban J connectivity index is 1.87. The molecule has 1 amide bonds. The molecule has 0 fully saturated rings. The second kappa shape index (κ2) is 9.54. The third kappa shape index (κ3) is 4.79. The lowest BCUT2D eigenvalue weighted by molar-refractivity contribution is -0.137. The van der Waals surface area contributed by atoms with E-state index in [-0.39, 0.29) is 16.9 Å². The number of hydrogen-bond acceptors (Lipinski definition) is 3. The molecular weight excluding hydrogens is 479 g/mol. The first kappa shape index (κ1) is 24.5. The fraction of sp³-hybridized carbons (Fsp3) is 0.192. The van der Waals surface area contributed by atoms with Crippen LogP contribution in [0.5, 0.6) is 0 Å². The molecule has 1 unspecified atom stereocenters. The topological polar surface area (TPSA) is 55.2 Å². The van der Waals surface area contributed by atoms with Gasteiger partial charge in [0.1, 0.15) is 5.82 Å². The number of alkyl halides is 3. The highest BCUT2D eigenvalue weighted by atomic mass is 35.5. The highest BCUT2D eigenvalue weighted by molar-refractivity contribution is 6.30. The van der Waals surface area contributed by atoms with Crippen LogP contribution in [0.25, 0.3) is 16.6 Å². The third-order valence-corrected chi connectivity index (χ3v) is 6.01. The van der Waals surface area contributed by atoms with Crippen LogP contribution in [0.1, 0.15) is 41.1 Å². The second-order valence-corrected chi connectivity index (χ2v) is 8.46. The number of fused-ring (bicyclic) bond motifs is 1. The standard InChI is InChI=1S/C26H21ClF3N3O2/c1-3-22(32(2)24(34)16-8-6-9-17(14-16)26(28,29)30)23-31-21-13-5-4-12-20(21)25(35)33(23)19-11-7-10-18(27)15-19/h4-15,22H,3H2,1-2H3. The van der Waals surface area contributed by atoms with Gasteiger partial charge in [0.05, 0.1) is 28.2 Å². The molecule has 9 heteroatoms. The molecule has 35 heavy (non-hydrogen) atoms. The SMILES string of the molecule is CCC(c1nc2ccccc2c(=O)n1-c1cccc(Cl)c1)N(C)C(=O)c1cccc(C(F)(F)F)c1. The molecule has 180 valence electrons. The van der Waals surface area contributed by atoms with Gasteiger partial charge in [0.2, 0.25) is 0 Å². The second-order valence-electron chi connectivity index (χ2n) is 8.03. The molecule has 3 aromatic carbocycles. The van der Waals surface area contributed by atoms with Crippen LogP contribution >= 0.6 is 11.6 Å². The van der Waals surface area contributed by atoms with Crippen LogP contribution in [0, 0.1) is 0 Å². The monoisotopic (exact) mass is 499 g/mol. The van der Waals surface area contributed by atoms with E-state index in [4.69, 9.17) is 16.6 Å². The summed E-state index contributed by atoms with van der Waals surface area (Å²) in [7, 11) is 1.49. The minimum atomic E-state index is -4.58. The van der Waals surface area contributed by atoms with Gasteiger partial charge in [0, 0.05) is 17.6 Å². The number of rotatable bonds is 5. The lowest BCUT2D eigenvalue weighted by Gasteiger charge is -2.29. The molecule has 4 aromatic rings. The van der Waals surface area contributed by atoms with E-state index < -0.39 is 23.7 Å². The van der Waals surface area contributed by atoms with Crippen LogP contribution in [0.4, 0.5) is 13.2 Å². The molecule has 0 aliphatic heterocycles. The van der Waals surface area contributed by atoms with Crippen molar-refractivity contribution in [1.82, 2.24) is 14.5 Å². The maximum Gasteiger partial charge on any atom is 0.416 e. The summed E-state index contributed by atoms with van der Waals surface area (Å²) in [4.78, 5) is 32.8. The average molecular weight is 500 g/mol. The van der Waals surface area contributed by atoms with Crippen molar-refractivity contribution in [3.8, 4) is 5.69 Å². The first-order valence-corrected chi connectivity index (χ1v) is 11.2. The van der Waals surface area contributed by atoms with Gasteiger partial charge in [0.25, 0.3) is 11.5 Å². The summed E-state index contributed by atoms with van der Waals surface area (Å²) in [6.45, 7) is 1.81. The highest BCUT2D eigenvalue weighted by Gasteiger charge is 2.32. The van der Waals surface area contributed by atoms with Crippen LogP contribution in [0.2, 0.25) is 5.02 Å². The molecule has 1 aromatic heterocycles. The van der Waals surface area contributed by atoms with Crippen molar-refractivity contribution in [2.45, 2.75) is 25.6 Å². The maximum absolute atomic E-state index is 13.6. The summed E-state index contributed by atoms with van der Waals surface area (Å²) in [5.41, 5.74) is -0.452. The lowest BCUT2D eigenvalue weighted by Crippen LogP contribution is -2.36. The fourth-order valence-electron chi connectivity index (χ4n) is 4.04. The molecule has 5 nitrogen and oxygen atoms in total. The van der Waals surface area contributed by atoms with Gasteiger partial charge in [-0.3, -0.25) is 14.2 Å². The Hall–Kier alpha value is -3.65. The first-order chi connectivity index (χ1) is 16.6. The van der Waals surface area contributed by atoms with E-state index in [1.165, 1.54) is 28.6 Å². The van der Waals surface area contributed by atoms with Crippen molar-refractivity contribution in [3.05, 3.63) is 105 Å². The molecule has 1 atom stereocenters. The number of amides is 1. The van der Waals surface area contributed by atoms with E-state index in [1.807, 2.05) is 6.92 Å². The molecule has 4 rings (SSSR count). The van der Waals surface area contributed by atoms with Crippen molar-refractivity contribution < 1.29 is 18.0 Å². The Bertz CT molecular complexity index is 1470. The number of hydrogen-bond donors (Lipinski definition) is 0. The Morgan fingerprint density at radius 1 is 1.06 bits per heavy atom. The summed E-state index contributed by atoms with van der Waals surface area (Å²) in [5.74, 6) is -0.343. The molecule has 0 bridgehead atoms. The molecule has 0 saturated carbocycles. The van der Waals surface area contributed by atoms with Crippen molar-refractivity contribution in [2.75, 3.05) is 7.05 Å². The minimum absolute atomic E-state index is 0.113. The van der Waals surface area contributed by atoms with E-state index in [2.05, 4.69) is 0 Å². The molecule has 0 radical (unpaired) electrons. The fourth-order valence-corrected chi connectivity index (χ4v) is 4.23. The number of nitrogens with zero attached hydrogens (tertiary/aromatic N) is 3. The molecule has 0 saturated heterocycles. The largest absolute Gasteiger partial charge is 0.416 e. The van der Waals surface area contributed by atoms with Gasteiger partial charge >= 0.3 is 6.18 Å². The summed E-state index contributed by atoms with van der Waals surface area (Å²) in [6, 6.07) is 17.1. The first-order valence-electron chi connectivity index (χ1n) is 10.8. The number of benzene rings is 3. The van der Waals surface area contributed by atoms with Crippen molar-refractivity contribution in [2.24, 2.45) is 0 Å². The Labute approximate surface area is 204 Å². The highest BCUT2D eigenvalue weighted by Crippen LogP contribution is 2.31. The summed E-state index contributed by atoms with van der Waals surface area (Å²) >= 11 is 6.18. The van der Waals surface area contributed by atoms with E-state index >= 15 is 0 Å². The van der Waals surface area contributed by atoms with Crippen LogP contribution in [-0.2, 0) is 6.18 Å². The van der Waals surface area contributed by atoms with Gasteiger partial charge < -0.3 is 4.90 Å². The van der Waals surface area contributed by atoms with E-state index in [0.29, 0.717) is 28.0 Å². The van der Waals surface area contributed by atoms with Gasteiger partial charge in [-0.15, -0.1) is 0 Å². The van der Waals surface area contributed by atoms with Gasteiger partial charge in [-0.25, -0.2) is 4.98 Å². The predicted octanol–water partition coefficient (Wildman–Crippen LogP) is 6.28. The minimum Gasteiger partial charge on any atom is -0.332 e. The van der Waals surface area contributed by atoms with Gasteiger partial charge in [-0.2, -0.15) is 13.2 Å². The predicted molar refractivity (Wildman–Crippen MR) is 129 cm³/mol. The molecular formula is C26H21ClF3N3O2. The Kier molecular flexibility index (Phi) is 6.67. The molecule has 0 N–H and O–H groups in total. The van der Waals surface area contributed by atoms with Crippen molar-refractivity contribution in [3.63, 3.8) is 0 Å².